The van der Waals surface area contributed by atoms with Crippen LogP contribution in [0.3, 0.4) is 0 Å². The topological polar surface area (TPSA) is 70.1 Å². The SMILES string of the molecule is [3H]C[C@@]1(CCl)O[C@@H](n2ccc(N)nc2=O)C(F)(F)[C@@H]1C. The van der Waals surface area contributed by atoms with Gasteiger partial charge in [0.2, 0.25) is 6.23 Å². The van der Waals surface area contributed by atoms with E-state index in [2.05, 4.69) is 4.98 Å². The summed E-state index contributed by atoms with van der Waals surface area (Å²) in [6.07, 6.45) is -0.744. The van der Waals surface area contributed by atoms with Gasteiger partial charge in [-0.1, -0.05) is 6.92 Å². The average molecular weight is 296 g/mol. The molecule has 1 aromatic rings. The largest absolute Gasteiger partial charge is 0.383 e. The molecule has 0 spiro atoms. The van der Waals surface area contributed by atoms with Gasteiger partial charge >= 0.3 is 5.69 Å². The van der Waals surface area contributed by atoms with Crippen LogP contribution in [0, 0.1) is 5.92 Å². The zero-order chi connectivity index (χ0) is 15.1. The number of aromatic nitrogens is 2. The highest BCUT2D eigenvalue weighted by molar-refractivity contribution is 6.18. The molecule has 2 N–H and O–H groups in total. The molecule has 5 nitrogen and oxygen atoms in total. The molecule has 0 radical (unpaired) electrons. The van der Waals surface area contributed by atoms with E-state index in [1.165, 1.54) is 13.0 Å². The first-order valence-electron chi connectivity index (χ1n) is 6.24. The fourth-order valence-electron chi connectivity index (χ4n) is 1.96. The van der Waals surface area contributed by atoms with Crippen LogP contribution >= 0.6 is 11.6 Å². The zero-order valence-corrected chi connectivity index (χ0v) is 10.9. The lowest BCUT2D eigenvalue weighted by Gasteiger charge is -2.25. The second kappa shape index (κ2) is 4.42. The van der Waals surface area contributed by atoms with Crippen LogP contribution in [0.1, 0.15) is 21.4 Å². The van der Waals surface area contributed by atoms with Gasteiger partial charge in [0, 0.05) is 7.57 Å². The predicted molar refractivity (Wildman–Crippen MR) is 66.3 cm³/mol. The highest BCUT2D eigenvalue weighted by atomic mass is 35.5. The van der Waals surface area contributed by atoms with Crippen molar-refractivity contribution < 1.29 is 14.9 Å². The van der Waals surface area contributed by atoms with E-state index in [1.807, 2.05) is 0 Å². The Morgan fingerprint density at radius 2 is 2.42 bits per heavy atom. The summed E-state index contributed by atoms with van der Waals surface area (Å²) in [4.78, 5) is 15.1. The quantitative estimate of drug-likeness (QED) is 0.842. The number of anilines is 1. The molecule has 0 amide bonds. The van der Waals surface area contributed by atoms with Gasteiger partial charge < -0.3 is 10.5 Å². The minimum absolute atomic E-state index is 0.0651. The van der Waals surface area contributed by atoms with Crippen LogP contribution in [0.25, 0.3) is 0 Å². The van der Waals surface area contributed by atoms with E-state index in [0.29, 0.717) is 4.57 Å². The molecule has 2 rings (SSSR count). The van der Waals surface area contributed by atoms with Gasteiger partial charge in [-0.05, 0) is 13.0 Å². The number of rotatable bonds is 2. The fourth-order valence-corrected chi connectivity index (χ4v) is 2.26. The fraction of sp³-hybridized carbons (Fsp3) is 0.636. The van der Waals surface area contributed by atoms with Crippen molar-refractivity contribution in [2.75, 3.05) is 11.6 Å². The van der Waals surface area contributed by atoms with Crippen LogP contribution in [0.4, 0.5) is 14.6 Å². The monoisotopic (exact) mass is 295 g/mol. The molecule has 1 aliphatic heterocycles. The summed E-state index contributed by atoms with van der Waals surface area (Å²) in [6, 6.07) is 1.23. The first-order valence-corrected chi connectivity index (χ1v) is 6.07. The van der Waals surface area contributed by atoms with E-state index in [9.17, 15) is 13.6 Å². The Morgan fingerprint density at radius 3 is 2.89 bits per heavy atom. The average Bonchev–Trinajstić information content (AvgIpc) is 2.60. The molecular formula is C11H14ClF2N3O2. The Balaban J connectivity index is 2.50. The lowest BCUT2D eigenvalue weighted by molar-refractivity contribution is -0.131. The number of alkyl halides is 3. The van der Waals surface area contributed by atoms with Crippen LogP contribution in [0.5, 0.6) is 0 Å². The molecule has 0 aliphatic carbocycles. The van der Waals surface area contributed by atoms with Gasteiger partial charge in [0.15, 0.2) is 0 Å². The maximum absolute atomic E-state index is 14.4. The molecule has 0 unspecified atom stereocenters. The predicted octanol–water partition coefficient (Wildman–Crippen LogP) is 1.62. The number of nitrogens with zero attached hydrogens (tertiary/aromatic N) is 2. The van der Waals surface area contributed by atoms with Gasteiger partial charge in [-0.3, -0.25) is 4.57 Å². The van der Waals surface area contributed by atoms with Gasteiger partial charge in [-0.25, -0.2) is 13.6 Å². The van der Waals surface area contributed by atoms with E-state index < -0.39 is 36.3 Å². The van der Waals surface area contributed by atoms with E-state index in [-0.39, 0.29) is 11.7 Å². The van der Waals surface area contributed by atoms with Gasteiger partial charge in [-0.2, -0.15) is 4.98 Å². The van der Waals surface area contributed by atoms with Crippen molar-refractivity contribution in [3.63, 3.8) is 0 Å². The third-order valence-electron chi connectivity index (χ3n) is 3.37. The van der Waals surface area contributed by atoms with E-state index >= 15 is 0 Å². The van der Waals surface area contributed by atoms with E-state index in [1.54, 1.807) is 0 Å². The molecule has 8 heteroatoms. The number of hydrogen-bond donors (Lipinski definition) is 1. The molecule has 19 heavy (non-hydrogen) atoms. The first kappa shape index (κ1) is 12.8. The van der Waals surface area contributed by atoms with Crippen LogP contribution in [-0.2, 0) is 4.74 Å². The Bertz CT molecular complexity index is 565. The minimum atomic E-state index is -3.35. The van der Waals surface area contributed by atoms with Gasteiger partial charge in [0.05, 0.1) is 17.4 Å². The zero-order valence-electron chi connectivity index (χ0n) is 11.1. The van der Waals surface area contributed by atoms with Crippen LogP contribution in [0.2, 0.25) is 0 Å². The van der Waals surface area contributed by atoms with Gasteiger partial charge in [0.25, 0.3) is 5.92 Å². The van der Waals surface area contributed by atoms with Crippen molar-refractivity contribution in [1.82, 2.24) is 9.55 Å². The Morgan fingerprint density at radius 1 is 1.74 bits per heavy atom. The number of nitrogens with two attached hydrogens (primary N) is 1. The van der Waals surface area contributed by atoms with Crippen LogP contribution in [-0.4, -0.2) is 27.0 Å². The summed E-state index contributed by atoms with van der Waals surface area (Å²) in [6.45, 7) is 0.827. The Hall–Kier alpha value is -1.21. The number of nitrogen functional groups attached to an aromatic ring is 1. The summed E-state index contributed by atoms with van der Waals surface area (Å²) >= 11 is 5.70. The Kier molecular flexibility index (Phi) is 2.98. The summed E-state index contributed by atoms with van der Waals surface area (Å²) in [5.74, 6) is -4.98. The number of hydrogen-bond acceptors (Lipinski definition) is 4. The van der Waals surface area contributed by atoms with Gasteiger partial charge in [0.1, 0.15) is 5.82 Å². The third-order valence-corrected chi connectivity index (χ3v) is 3.82. The van der Waals surface area contributed by atoms with Crippen molar-refractivity contribution in [1.29, 1.82) is 0 Å². The molecule has 1 aromatic heterocycles. The Labute approximate surface area is 114 Å². The van der Waals surface area contributed by atoms with Gasteiger partial charge in [-0.15, -0.1) is 11.6 Å². The highest BCUT2D eigenvalue weighted by Crippen LogP contribution is 2.51. The van der Waals surface area contributed by atoms with Crippen LogP contribution in [0.15, 0.2) is 17.1 Å². The molecule has 0 aromatic carbocycles. The summed E-state index contributed by atoms with van der Waals surface area (Å²) < 4.78 is 42.1. The normalized spacial score (nSPS) is 34.2. The van der Waals surface area contributed by atoms with Crippen molar-refractivity contribution in [2.45, 2.75) is 31.6 Å². The summed E-state index contributed by atoms with van der Waals surface area (Å²) in [5, 5.41) is 0. The molecule has 1 aliphatic rings. The lowest BCUT2D eigenvalue weighted by atomic mass is 9.89. The highest BCUT2D eigenvalue weighted by Gasteiger charge is 2.62. The number of ether oxygens (including phenoxy) is 1. The van der Waals surface area contributed by atoms with Crippen molar-refractivity contribution >= 4 is 17.4 Å². The second-order valence-corrected chi connectivity index (χ2v) is 4.87. The standard InChI is InChI=1S/C11H14ClF2N3O2/c1-6-10(2,5-12)19-8(11(6,13)14)17-4-3-7(15)16-9(17)18/h3-4,6,8H,5H2,1-2H3,(H2,15,16,18)/t6-,8-,10+/m1/s1/i2T. The maximum atomic E-state index is 14.4. The summed E-state index contributed by atoms with van der Waals surface area (Å²) in [7, 11) is 0. The smallest absolute Gasteiger partial charge is 0.351 e. The molecule has 0 bridgehead atoms. The minimum Gasteiger partial charge on any atom is -0.383 e. The molecular weight excluding hydrogens is 280 g/mol. The van der Waals surface area contributed by atoms with Crippen molar-refractivity contribution in [3.8, 4) is 0 Å². The first-order chi connectivity index (χ1) is 9.28. The van der Waals surface area contributed by atoms with E-state index in [0.717, 1.165) is 6.20 Å². The molecule has 0 saturated carbocycles. The summed E-state index contributed by atoms with van der Waals surface area (Å²) in [5.41, 5.74) is 2.89. The van der Waals surface area contributed by atoms with Crippen LogP contribution < -0.4 is 11.4 Å². The van der Waals surface area contributed by atoms with Crippen molar-refractivity contribution in [2.24, 2.45) is 5.92 Å². The lowest BCUT2D eigenvalue weighted by Crippen LogP contribution is -2.39. The number of halogens is 3. The van der Waals surface area contributed by atoms with E-state index in [4.69, 9.17) is 23.4 Å². The molecule has 106 valence electrons. The molecule has 1 saturated heterocycles. The second-order valence-electron chi connectivity index (χ2n) is 4.61. The molecule has 1 fully saturated rings. The molecule has 2 heterocycles. The van der Waals surface area contributed by atoms with Crippen molar-refractivity contribution in [3.05, 3.63) is 22.7 Å². The maximum Gasteiger partial charge on any atom is 0.351 e. The molecule has 3 atom stereocenters. The third kappa shape index (κ3) is 2.10.